The van der Waals surface area contributed by atoms with E-state index in [0.717, 1.165) is 0 Å². The van der Waals surface area contributed by atoms with Gasteiger partial charge in [-0.15, -0.1) is 0 Å². The van der Waals surface area contributed by atoms with Crippen molar-refractivity contribution in [2.75, 3.05) is 19.6 Å². The molecule has 0 saturated heterocycles. The van der Waals surface area contributed by atoms with Gasteiger partial charge in [-0.25, -0.2) is 0 Å². The zero-order chi connectivity index (χ0) is 24.7. The molecule has 0 heterocycles. The van der Waals surface area contributed by atoms with Crippen LogP contribution in [0.5, 0.6) is 0 Å². The van der Waals surface area contributed by atoms with Crippen LogP contribution in [0.2, 0.25) is 0 Å². The lowest BCUT2D eigenvalue weighted by atomic mass is 10.0. The first-order valence-electron chi connectivity index (χ1n) is 15.3. The Balaban J connectivity index is 0.0000116. The van der Waals surface area contributed by atoms with Gasteiger partial charge in [0.2, 0.25) is 0 Å². The lowest BCUT2D eigenvalue weighted by Gasteiger charge is -2.39. The minimum atomic E-state index is 0. The highest BCUT2D eigenvalue weighted by molar-refractivity contribution is 5.47. The van der Waals surface area contributed by atoms with Gasteiger partial charge in [0.05, 0.1) is 19.6 Å². The number of rotatable bonds is 24. The highest BCUT2D eigenvalue weighted by atomic mass is 35.5. The molecular weight excluding hydrogens is 446 g/mol. The molecule has 0 aliphatic carbocycles. The van der Waals surface area contributed by atoms with Crippen LogP contribution in [-0.2, 0) is 6.54 Å². The molecule has 0 aliphatic rings. The van der Waals surface area contributed by atoms with Crippen LogP contribution in [0.25, 0.3) is 6.08 Å². The number of unbranched alkanes of at least 4 members (excludes halogenated alkanes) is 15. The van der Waals surface area contributed by atoms with E-state index in [9.17, 15) is 0 Å². The van der Waals surface area contributed by atoms with E-state index in [1.807, 2.05) is 6.08 Å². The topological polar surface area (TPSA) is 0 Å². The minimum absolute atomic E-state index is 0. The first-order valence-corrected chi connectivity index (χ1v) is 15.3. The molecule has 35 heavy (non-hydrogen) atoms. The Morgan fingerprint density at radius 2 is 0.886 bits per heavy atom. The molecule has 0 aromatic heterocycles. The number of benzene rings is 1. The van der Waals surface area contributed by atoms with Gasteiger partial charge in [-0.3, -0.25) is 0 Å². The number of nitrogens with zero attached hydrogens (tertiary/aromatic N) is 1. The second kappa shape index (κ2) is 23.6. The summed E-state index contributed by atoms with van der Waals surface area (Å²) >= 11 is 0. The minimum Gasteiger partial charge on any atom is -1.00 e. The summed E-state index contributed by atoms with van der Waals surface area (Å²) in [6, 6.07) is 9.26. The molecule has 0 fully saturated rings. The molecule has 0 N–H and O–H groups in total. The molecule has 0 atom stereocenters. The standard InChI is InChI=1S/C33H60N.ClH/c1-5-9-12-15-18-21-28-34(29-22-19-16-13-10-6-2,30-23-20-17-14-11-7-3)31-33-26-24-32(8-4)25-27-33;/h8,24-27H,4-7,9-23,28-31H2,1-3H3;1H/q+1;/p-1. The first-order chi connectivity index (χ1) is 16.7. The Morgan fingerprint density at radius 3 is 1.23 bits per heavy atom. The van der Waals surface area contributed by atoms with Gasteiger partial charge in [0.1, 0.15) is 6.54 Å². The van der Waals surface area contributed by atoms with Crippen molar-refractivity contribution >= 4 is 6.08 Å². The maximum absolute atomic E-state index is 3.94. The smallest absolute Gasteiger partial charge is 0.104 e. The van der Waals surface area contributed by atoms with Crippen molar-refractivity contribution < 1.29 is 16.9 Å². The van der Waals surface area contributed by atoms with Crippen LogP contribution in [0.15, 0.2) is 30.8 Å². The molecule has 1 aromatic carbocycles. The van der Waals surface area contributed by atoms with Gasteiger partial charge in [0, 0.05) is 5.56 Å². The Labute approximate surface area is 227 Å². The van der Waals surface area contributed by atoms with Gasteiger partial charge in [-0.2, -0.15) is 0 Å². The van der Waals surface area contributed by atoms with Gasteiger partial charge < -0.3 is 16.9 Å². The van der Waals surface area contributed by atoms with E-state index in [4.69, 9.17) is 0 Å². The van der Waals surface area contributed by atoms with Crippen molar-refractivity contribution in [2.45, 2.75) is 143 Å². The van der Waals surface area contributed by atoms with Crippen molar-refractivity contribution in [1.82, 2.24) is 0 Å². The summed E-state index contributed by atoms with van der Waals surface area (Å²) in [5.74, 6) is 0. The van der Waals surface area contributed by atoms with Gasteiger partial charge in [0.15, 0.2) is 0 Å². The summed E-state index contributed by atoms with van der Waals surface area (Å²) < 4.78 is 1.32. The predicted molar refractivity (Wildman–Crippen MR) is 155 cm³/mol. The Hall–Kier alpha value is -0.790. The Bertz CT molecular complexity index is 538. The van der Waals surface area contributed by atoms with Crippen LogP contribution in [0.3, 0.4) is 0 Å². The molecule has 204 valence electrons. The second-order valence-corrected chi connectivity index (χ2v) is 10.9. The highest BCUT2D eigenvalue weighted by Gasteiger charge is 2.26. The van der Waals surface area contributed by atoms with Crippen LogP contribution < -0.4 is 12.4 Å². The first kappa shape index (κ1) is 34.2. The Kier molecular flexibility index (Phi) is 23.1. The van der Waals surface area contributed by atoms with Crippen LogP contribution in [0.4, 0.5) is 0 Å². The molecule has 1 rings (SSSR count). The number of hydrogen-bond donors (Lipinski definition) is 0. The van der Waals surface area contributed by atoms with Crippen LogP contribution in [0.1, 0.15) is 147 Å². The summed E-state index contributed by atoms with van der Waals surface area (Å²) in [5, 5.41) is 0. The second-order valence-electron chi connectivity index (χ2n) is 10.9. The van der Waals surface area contributed by atoms with Crippen molar-refractivity contribution in [3.63, 3.8) is 0 Å². The molecule has 0 aliphatic heterocycles. The van der Waals surface area contributed by atoms with E-state index < -0.39 is 0 Å². The molecule has 0 bridgehead atoms. The summed E-state index contributed by atoms with van der Waals surface area (Å²) in [6.07, 6.45) is 27.2. The fourth-order valence-electron chi connectivity index (χ4n) is 5.40. The summed E-state index contributed by atoms with van der Waals surface area (Å²) in [5.41, 5.74) is 2.76. The maximum Gasteiger partial charge on any atom is 0.104 e. The van der Waals surface area contributed by atoms with E-state index >= 15 is 0 Å². The van der Waals surface area contributed by atoms with Crippen molar-refractivity contribution in [3.05, 3.63) is 42.0 Å². The fourth-order valence-corrected chi connectivity index (χ4v) is 5.40. The molecule has 1 aromatic rings. The van der Waals surface area contributed by atoms with Gasteiger partial charge in [0.25, 0.3) is 0 Å². The molecular formula is C33H60ClN. The van der Waals surface area contributed by atoms with E-state index in [1.165, 1.54) is 157 Å². The fraction of sp³-hybridized carbons (Fsp3) is 0.758. The molecule has 2 heteroatoms. The van der Waals surface area contributed by atoms with Gasteiger partial charge in [-0.1, -0.05) is 135 Å². The third-order valence-corrected chi connectivity index (χ3v) is 7.69. The zero-order valence-corrected chi connectivity index (χ0v) is 24.7. The third kappa shape index (κ3) is 17.3. The molecule has 0 unspecified atom stereocenters. The SMILES string of the molecule is C=Cc1ccc(C[N+](CCCCCCCC)(CCCCCCCC)CCCCCCCC)cc1.[Cl-]. The average Bonchev–Trinajstić information content (AvgIpc) is 2.86. The van der Waals surface area contributed by atoms with Crippen LogP contribution in [-0.4, -0.2) is 24.1 Å². The molecule has 0 radical (unpaired) electrons. The molecule has 1 nitrogen and oxygen atoms in total. The number of halogens is 1. The quantitative estimate of drug-likeness (QED) is 0.0995. The van der Waals surface area contributed by atoms with Crippen LogP contribution >= 0.6 is 0 Å². The molecule has 0 saturated carbocycles. The van der Waals surface area contributed by atoms with E-state index in [-0.39, 0.29) is 12.4 Å². The number of hydrogen-bond acceptors (Lipinski definition) is 0. The summed E-state index contributed by atoms with van der Waals surface area (Å²) in [4.78, 5) is 0. The van der Waals surface area contributed by atoms with Gasteiger partial charge >= 0.3 is 0 Å². The third-order valence-electron chi connectivity index (χ3n) is 7.69. The molecule has 0 amide bonds. The number of quaternary nitrogens is 1. The Morgan fingerprint density at radius 1 is 0.543 bits per heavy atom. The lowest BCUT2D eigenvalue weighted by Crippen LogP contribution is -3.00. The van der Waals surface area contributed by atoms with Crippen molar-refractivity contribution in [1.29, 1.82) is 0 Å². The molecule has 0 spiro atoms. The van der Waals surface area contributed by atoms with Gasteiger partial charge in [-0.05, 0) is 44.1 Å². The normalized spacial score (nSPS) is 11.4. The van der Waals surface area contributed by atoms with Crippen molar-refractivity contribution in [3.8, 4) is 0 Å². The largest absolute Gasteiger partial charge is 1.00 e. The van der Waals surface area contributed by atoms with E-state index in [2.05, 4.69) is 51.6 Å². The summed E-state index contributed by atoms with van der Waals surface area (Å²) in [7, 11) is 0. The highest BCUT2D eigenvalue weighted by Crippen LogP contribution is 2.23. The van der Waals surface area contributed by atoms with E-state index in [1.54, 1.807) is 0 Å². The van der Waals surface area contributed by atoms with E-state index in [0.29, 0.717) is 0 Å². The average molecular weight is 506 g/mol. The maximum atomic E-state index is 3.94. The van der Waals surface area contributed by atoms with Crippen molar-refractivity contribution in [2.24, 2.45) is 0 Å². The lowest BCUT2D eigenvalue weighted by molar-refractivity contribution is -0.941. The zero-order valence-electron chi connectivity index (χ0n) is 24.0. The predicted octanol–water partition coefficient (Wildman–Crippen LogP) is 7.73. The monoisotopic (exact) mass is 505 g/mol. The summed E-state index contributed by atoms with van der Waals surface area (Å²) in [6.45, 7) is 16.2. The van der Waals surface area contributed by atoms with Crippen LogP contribution in [0, 0.1) is 0 Å².